The number of hydrogen-bond acceptors (Lipinski definition) is 5. The standard InChI is InChI=1S/C15H31NO5/c1-14(2)4-7-19-10-12-21-13-11-20-8-5-15(17)16-6-9-18-3/h14H,4-13H2,1-3H3,(H,16,17). The van der Waals surface area contributed by atoms with E-state index in [4.69, 9.17) is 18.9 Å². The summed E-state index contributed by atoms with van der Waals surface area (Å²) < 4.78 is 20.9. The van der Waals surface area contributed by atoms with E-state index in [1.165, 1.54) is 0 Å². The van der Waals surface area contributed by atoms with Gasteiger partial charge in [-0.25, -0.2) is 0 Å². The van der Waals surface area contributed by atoms with Gasteiger partial charge in [0.1, 0.15) is 0 Å². The molecule has 21 heavy (non-hydrogen) atoms. The van der Waals surface area contributed by atoms with Gasteiger partial charge in [0.25, 0.3) is 0 Å². The lowest BCUT2D eigenvalue weighted by Gasteiger charge is -2.08. The number of hydrogen-bond donors (Lipinski definition) is 1. The smallest absolute Gasteiger partial charge is 0.222 e. The fourth-order valence-electron chi connectivity index (χ4n) is 1.41. The van der Waals surface area contributed by atoms with Crippen molar-refractivity contribution in [3.63, 3.8) is 0 Å². The first-order valence-electron chi connectivity index (χ1n) is 7.65. The molecule has 0 bridgehead atoms. The Hall–Kier alpha value is -0.690. The van der Waals surface area contributed by atoms with Crippen LogP contribution in [0.15, 0.2) is 0 Å². The molecule has 126 valence electrons. The maximum atomic E-state index is 11.3. The summed E-state index contributed by atoms with van der Waals surface area (Å²) in [5.74, 6) is 0.650. The summed E-state index contributed by atoms with van der Waals surface area (Å²) in [6.07, 6.45) is 1.44. The minimum Gasteiger partial charge on any atom is -0.383 e. The molecular formula is C15H31NO5. The average Bonchev–Trinajstić information content (AvgIpc) is 2.44. The fraction of sp³-hybridized carbons (Fsp3) is 0.933. The van der Waals surface area contributed by atoms with Gasteiger partial charge in [0.15, 0.2) is 0 Å². The molecule has 0 aromatic heterocycles. The molecule has 0 rings (SSSR count). The van der Waals surface area contributed by atoms with Crippen molar-refractivity contribution in [3.05, 3.63) is 0 Å². The molecular weight excluding hydrogens is 274 g/mol. The summed E-state index contributed by atoms with van der Waals surface area (Å²) in [7, 11) is 1.60. The maximum absolute atomic E-state index is 11.3. The highest BCUT2D eigenvalue weighted by molar-refractivity contribution is 5.75. The predicted octanol–water partition coefficient (Wildman–Crippen LogP) is 1.24. The Kier molecular flexibility index (Phi) is 15.2. The van der Waals surface area contributed by atoms with Crippen LogP contribution in [0.3, 0.4) is 0 Å². The maximum Gasteiger partial charge on any atom is 0.222 e. The molecule has 0 unspecified atom stereocenters. The topological polar surface area (TPSA) is 66.0 Å². The number of methoxy groups -OCH3 is 1. The van der Waals surface area contributed by atoms with Crippen LogP contribution in [0.4, 0.5) is 0 Å². The molecule has 0 aromatic rings. The monoisotopic (exact) mass is 305 g/mol. The molecule has 0 aliphatic rings. The summed E-state index contributed by atoms with van der Waals surface area (Å²) in [6, 6.07) is 0. The molecule has 0 saturated carbocycles. The number of amides is 1. The Morgan fingerprint density at radius 1 is 0.905 bits per heavy atom. The molecule has 0 saturated heterocycles. The second-order valence-corrected chi connectivity index (χ2v) is 5.11. The average molecular weight is 305 g/mol. The van der Waals surface area contributed by atoms with E-state index < -0.39 is 0 Å². The van der Waals surface area contributed by atoms with Crippen molar-refractivity contribution in [2.24, 2.45) is 5.92 Å². The van der Waals surface area contributed by atoms with Crippen LogP contribution in [-0.4, -0.2) is 65.8 Å². The van der Waals surface area contributed by atoms with Gasteiger partial charge < -0.3 is 24.3 Å². The molecule has 1 N–H and O–H groups in total. The molecule has 6 nitrogen and oxygen atoms in total. The number of rotatable bonds is 15. The lowest BCUT2D eigenvalue weighted by molar-refractivity contribution is -0.122. The molecule has 0 aliphatic carbocycles. The van der Waals surface area contributed by atoms with Crippen molar-refractivity contribution in [1.82, 2.24) is 5.32 Å². The van der Waals surface area contributed by atoms with Gasteiger partial charge in [-0.2, -0.15) is 0 Å². The zero-order valence-corrected chi connectivity index (χ0v) is 13.7. The highest BCUT2D eigenvalue weighted by Gasteiger charge is 2.00. The van der Waals surface area contributed by atoms with Crippen LogP contribution in [-0.2, 0) is 23.7 Å². The highest BCUT2D eigenvalue weighted by atomic mass is 16.5. The molecule has 0 fully saturated rings. The first-order valence-corrected chi connectivity index (χ1v) is 7.65. The summed E-state index contributed by atoms with van der Waals surface area (Å²) in [5.41, 5.74) is 0. The fourth-order valence-corrected chi connectivity index (χ4v) is 1.41. The number of nitrogens with one attached hydrogen (secondary N) is 1. The third-order valence-corrected chi connectivity index (χ3v) is 2.69. The van der Waals surface area contributed by atoms with Crippen LogP contribution in [0.5, 0.6) is 0 Å². The molecule has 0 radical (unpaired) electrons. The quantitative estimate of drug-likeness (QED) is 0.461. The summed E-state index contributed by atoms with van der Waals surface area (Å²) in [6.45, 7) is 8.84. The van der Waals surface area contributed by atoms with Crippen LogP contribution in [0.2, 0.25) is 0 Å². The first kappa shape index (κ1) is 20.3. The lowest BCUT2D eigenvalue weighted by Crippen LogP contribution is -2.27. The summed E-state index contributed by atoms with van der Waals surface area (Å²) in [4.78, 5) is 11.3. The largest absolute Gasteiger partial charge is 0.383 e. The van der Waals surface area contributed by atoms with Crippen LogP contribution in [0.25, 0.3) is 0 Å². The molecule has 0 aromatic carbocycles. The van der Waals surface area contributed by atoms with E-state index in [1.54, 1.807) is 7.11 Å². The van der Waals surface area contributed by atoms with E-state index in [9.17, 15) is 4.79 Å². The van der Waals surface area contributed by atoms with E-state index in [2.05, 4.69) is 19.2 Å². The zero-order chi connectivity index (χ0) is 15.8. The van der Waals surface area contributed by atoms with E-state index in [0.29, 0.717) is 58.5 Å². The molecule has 0 heterocycles. The zero-order valence-electron chi connectivity index (χ0n) is 13.7. The van der Waals surface area contributed by atoms with Gasteiger partial charge in [-0.3, -0.25) is 4.79 Å². The van der Waals surface area contributed by atoms with Crippen LogP contribution in [0, 0.1) is 5.92 Å². The van der Waals surface area contributed by atoms with Crippen molar-refractivity contribution < 1.29 is 23.7 Å². The van der Waals surface area contributed by atoms with Gasteiger partial charge in [0, 0.05) is 26.7 Å². The predicted molar refractivity (Wildman–Crippen MR) is 81.4 cm³/mol. The molecule has 0 atom stereocenters. The van der Waals surface area contributed by atoms with Crippen molar-refractivity contribution in [2.75, 3.05) is 59.9 Å². The Bertz CT molecular complexity index is 236. The van der Waals surface area contributed by atoms with Gasteiger partial charge in [0.2, 0.25) is 5.91 Å². The summed E-state index contributed by atoms with van der Waals surface area (Å²) >= 11 is 0. The Labute approximate surface area is 128 Å². The molecule has 1 amide bonds. The SMILES string of the molecule is COCCNC(=O)CCOCCOCCOCCC(C)C. The highest BCUT2D eigenvalue weighted by Crippen LogP contribution is 1.98. The van der Waals surface area contributed by atoms with Crippen molar-refractivity contribution in [2.45, 2.75) is 26.7 Å². The van der Waals surface area contributed by atoms with Gasteiger partial charge in [-0.15, -0.1) is 0 Å². The Morgan fingerprint density at radius 3 is 2.05 bits per heavy atom. The number of carbonyl (C=O) groups is 1. The van der Waals surface area contributed by atoms with Crippen molar-refractivity contribution in [1.29, 1.82) is 0 Å². The third kappa shape index (κ3) is 17.3. The molecule has 0 aliphatic heterocycles. The Balaban J connectivity index is 3.10. The van der Waals surface area contributed by atoms with Gasteiger partial charge in [-0.1, -0.05) is 13.8 Å². The molecule has 0 spiro atoms. The van der Waals surface area contributed by atoms with Crippen LogP contribution >= 0.6 is 0 Å². The van der Waals surface area contributed by atoms with Gasteiger partial charge in [0.05, 0.1) is 39.6 Å². The van der Waals surface area contributed by atoms with E-state index in [0.717, 1.165) is 13.0 Å². The normalized spacial score (nSPS) is 11.0. The minimum absolute atomic E-state index is 0.0217. The first-order chi connectivity index (χ1) is 10.2. The van der Waals surface area contributed by atoms with Crippen molar-refractivity contribution in [3.8, 4) is 0 Å². The van der Waals surface area contributed by atoms with E-state index in [1.807, 2.05) is 0 Å². The Morgan fingerprint density at radius 2 is 1.48 bits per heavy atom. The number of ether oxygens (including phenoxy) is 4. The number of carbonyl (C=O) groups excluding carboxylic acids is 1. The van der Waals surface area contributed by atoms with E-state index >= 15 is 0 Å². The van der Waals surface area contributed by atoms with Gasteiger partial charge >= 0.3 is 0 Å². The second-order valence-electron chi connectivity index (χ2n) is 5.11. The van der Waals surface area contributed by atoms with Gasteiger partial charge in [-0.05, 0) is 12.3 Å². The second kappa shape index (κ2) is 15.7. The summed E-state index contributed by atoms with van der Waals surface area (Å²) in [5, 5.41) is 2.73. The van der Waals surface area contributed by atoms with E-state index in [-0.39, 0.29) is 5.91 Å². The van der Waals surface area contributed by atoms with Crippen molar-refractivity contribution >= 4 is 5.91 Å². The minimum atomic E-state index is -0.0217. The van der Waals surface area contributed by atoms with Crippen LogP contribution < -0.4 is 5.32 Å². The van der Waals surface area contributed by atoms with Crippen LogP contribution in [0.1, 0.15) is 26.7 Å². The third-order valence-electron chi connectivity index (χ3n) is 2.69. The molecule has 6 heteroatoms. The lowest BCUT2D eigenvalue weighted by atomic mass is 10.1.